The Balaban J connectivity index is 1.92. The van der Waals surface area contributed by atoms with Crippen molar-refractivity contribution in [3.63, 3.8) is 0 Å². The molecular formula is C8H10N2O4S. The molecule has 7 heteroatoms. The molecule has 1 saturated heterocycles. The second-order valence-electron chi connectivity index (χ2n) is 3.08. The first-order valence-corrected chi connectivity index (χ1v) is 5.65. The van der Waals surface area contributed by atoms with E-state index in [1.807, 2.05) is 37.3 Å². The molecule has 0 saturated carbocycles. The number of hydrazine groups is 1. The smallest absolute Gasteiger partial charge is 0.197 e. The first-order chi connectivity index (χ1) is 7.07. The number of nitrogens with one attached hydrogen (secondary N) is 1. The van der Waals surface area contributed by atoms with Gasteiger partial charge >= 0.3 is 10.4 Å². The van der Waals surface area contributed by atoms with Gasteiger partial charge in [-0.1, -0.05) is 30.3 Å². The lowest BCUT2D eigenvalue weighted by Crippen LogP contribution is -2.50. The number of rotatable bonds is 3. The Morgan fingerprint density at radius 2 is 1.87 bits per heavy atom. The fourth-order valence-electron chi connectivity index (χ4n) is 1.19. The van der Waals surface area contributed by atoms with Crippen molar-refractivity contribution in [2.24, 2.45) is 0 Å². The lowest BCUT2D eigenvalue weighted by atomic mass is 10.1. The van der Waals surface area contributed by atoms with Crippen LogP contribution in [0.15, 0.2) is 30.3 Å². The van der Waals surface area contributed by atoms with Crippen LogP contribution in [0.4, 0.5) is 0 Å². The Morgan fingerprint density at radius 3 is 2.40 bits per heavy atom. The van der Waals surface area contributed by atoms with Gasteiger partial charge in [-0.2, -0.15) is 13.8 Å². The zero-order valence-electron chi connectivity index (χ0n) is 7.95. The van der Waals surface area contributed by atoms with Gasteiger partial charge in [-0.05, 0) is 12.5 Å². The van der Waals surface area contributed by atoms with E-state index < -0.39 is 10.4 Å². The van der Waals surface area contributed by atoms with E-state index in [0.29, 0.717) is 5.34 Å². The maximum absolute atomic E-state index is 10.5. The van der Waals surface area contributed by atoms with Crippen LogP contribution in [-0.4, -0.2) is 13.8 Å². The molecule has 1 aromatic carbocycles. The number of benzene rings is 1. The zero-order valence-corrected chi connectivity index (χ0v) is 8.77. The monoisotopic (exact) mass is 230 g/mol. The van der Waals surface area contributed by atoms with E-state index in [-0.39, 0.29) is 6.04 Å². The Kier molecular flexibility index (Phi) is 2.72. The van der Waals surface area contributed by atoms with Crippen molar-refractivity contribution < 1.29 is 17.0 Å². The molecule has 1 atom stereocenters. The van der Waals surface area contributed by atoms with Gasteiger partial charge < -0.3 is 0 Å². The Bertz CT molecular complexity index is 421. The van der Waals surface area contributed by atoms with E-state index in [1.54, 1.807) is 0 Å². The maximum atomic E-state index is 10.5. The van der Waals surface area contributed by atoms with Crippen LogP contribution in [0.1, 0.15) is 18.5 Å². The lowest BCUT2D eigenvalue weighted by Gasteiger charge is -2.28. The Hall–Kier alpha value is -0.990. The fourth-order valence-corrected chi connectivity index (χ4v) is 1.62. The first kappa shape index (κ1) is 10.5. The van der Waals surface area contributed by atoms with Crippen LogP contribution in [0, 0.1) is 0 Å². The molecule has 6 nitrogen and oxygen atoms in total. The van der Waals surface area contributed by atoms with Crippen LogP contribution >= 0.6 is 0 Å². The molecule has 0 radical (unpaired) electrons. The molecule has 1 aromatic rings. The van der Waals surface area contributed by atoms with Crippen LogP contribution in [0.5, 0.6) is 0 Å². The van der Waals surface area contributed by atoms with Gasteiger partial charge in [0.25, 0.3) is 0 Å². The van der Waals surface area contributed by atoms with Crippen LogP contribution < -0.4 is 5.43 Å². The van der Waals surface area contributed by atoms with Crippen molar-refractivity contribution >= 4 is 10.4 Å². The van der Waals surface area contributed by atoms with Gasteiger partial charge in [0, 0.05) is 11.4 Å². The van der Waals surface area contributed by atoms with Crippen molar-refractivity contribution in [2.45, 2.75) is 13.0 Å². The minimum Gasteiger partial charge on any atom is -0.197 e. The molecule has 2 rings (SSSR count). The average Bonchev–Trinajstić information content (AvgIpc) is 2.16. The molecule has 1 N–H and O–H groups in total. The molecule has 1 aliphatic heterocycles. The normalized spacial score (nSPS) is 21.9. The minimum atomic E-state index is -3.80. The van der Waals surface area contributed by atoms with Crippen molar-refractivity contribution in [2.75, 3.05) is 0 Å². The summed E-state index contributed by atoms with van der Waals surface area (Å²) in [5.74, 6) is 0. The fraction of sp³-hybridized carbons (Fsp3) is 0.250. The maximum Gasteiger partial charge on any atom is 0.439 e. The van der Waals surface area contributed by atoms with E-state index in [9.17, 15) is 8.42 Å². The summed E-state index contributed by atoms with van der Waals surface area (Å²) in [5.41, 5.74) is 3.69. The van der Waals surface area contributed by atoms with E-state index >= 15 is 0 Å². The van der Waals surface area contributed by atoms with Crippen LogP contribution in [0.25, 0.3) is 0 Å². The summed E-state index contributed by atoms with van der Waals surface area (Å²) >= 11 is 0. The van der Waals surface area contributed by atoms with E-state index in [4.69, 9.17) is 0 Å². The molecule has 1 fully saturated rings. The lowest BCUT2D eigenvalue weighted by molar-refractivity contribution is -0.363. The molecule has 15 heavy (non-hydrogen) atoms. The molecule has 0 aliphatic carbocycles. The second-order valence-corrected chi connectivity index (χ2v) is 4.19. The zero-order chi connectivity index (χ0) is 10.9. The molecule has 1 heterocycles. The molecule has 1 unspecified atom stereocenters. The van der Waals surface area contributed by atoms with Crippen molar-refractivity contribution in [1.82, 2.24) is 10.8 Å². The molecule has 1 aliphatic rings. The number of nitrogens with zero attached hydrogens (tertiary/aromatic N) is 1. The minimum absolute atomic E-state index is 0.110. The highest BCUT2D eigenvalue weighted by Gasteiger charge is 2.36. The van der Waals surface area contributed by atoms with Gasteiger partial charge in [0.1, 0.15) is 0 Å². The molecule has 0 amide bonds. The summed E-state index contributed by atoms with van der Waals surface area (Å²) in [6.45, 7) is 1.85. The third-order valence-electron chi connectivity index (χ3n) is 1.92. The van der Waals surface area contributed by atoms with E-state index in [2.05, 4.69) is 14.0 Å². The van der Waals surface area contributed by atoms with Gasteiger partial charge in [-0.15, -0.1) is 8.57 Å². The Morgan fingerprint density at radius 1 is 1.27 bits per heavy atom. The van der Waals surface area contributed by atoms with Gasteiger partial charge in [0.05, 0.1) is 0 Å². The summed E-state index contributed by atoms with van der Waals surface area (Å²) in [7, 11) is -3.80. The molecule has 0 bridgehead atoms. The van der Waals surface area contributed by atoms with Crippen LogP contribution in [0.3, 0.4) is 0 Å². The van der Waals surface area contributed by atoms with Crippen molar-refractivity contribution in [3.05, 3.63) is 35.9 Å². The van der Waals surface area contributed by atoms with Crippen molar-refractivity contribution in [1.29, 1.82) is 0 Å². The van der Waals surface area contributed by atoms with E-state index in [1.165, 1.54) is 0 Å². The third kappa shape index (κ3) is 2.52. The van der Waals surface area contributed by atoms with Gasteiger partial charge in [-0.3, -0.25) is 0 Å². The topological polar surface area (TPSA) is 67.9 Å². The summed E-state index contributed by atoms with van der Waals surface area (Å²) in [4.78, 5) is 0. The van der Waals surface area contributed by atoms with Crippen LogP contribution in [-0.2, 0) is 19.0 Å². The highest BCUT2D eigenvalue weighted by atomic mass is 32.3. The SMILES string of the molecule is CC(NN1OS(=O)(=O)O1)c1ccccc1. The number of hydrogen-bond acceptors (Lipinski definition) is 6. The predicted octanol–water partition coefficient (Wildman–Crippen LogP) is 0.676. The molecule has 0 aromatic heterocycles. The summed E-state index contributed by atoms with van der Waals surface area (Å²) < 4.78 is 29.6. The molecule has 82 valence electrons. The quantitative estimate of drug-likeness (QED) is 0.823. The molecule has 0 spiro atoms. The van der Waals surface area contributed by atoms with Gasteiger partial charge in [0.2, 0.25) is 0 Å². The Labute approximate surface area is 87.6 Å². The standard InChI is InChI=1S/C8H10N2O4S/c1-7(8-5-3-2-4-6-8)9-10-13-15(11,12)14-10/h2-7,9H,1H3. The molecular weight excluding hydrogens is 220 g/mol. The highest BCUT2D eigenvalue weighted by Crippen LogP contribution is 2.18. The average molecular weight is 230 g/mol. The number of hydrogen-bond donors (Lipinski definition) is 1. The predicted molar refractivity (Wildman–Crippen MR) is 50.9 cm³/mol. The summed E-state index contributed by atoms with van der Waals surface area (Å²) in [6.07, 6.45) is 0. The van der Waals surface area contributed by atoms with Crippen molar-refractivity contribution in [3.8, 4) is 0 Å². The highest BCUT2D eigenvalue weighted by molar-refractivity contribution is 7.82. The summed E-state index contributed by atoms with van der Waals surface area (Å²) in [6, 6.07) is 9.39. The largest absolute Gasteiger partial charge is 0.439 e. The van der Waals surface area contributed by atoms with Crippen LogP contribution in [0.2, 0.25) is 0 Å². The first-order valence-electron chi connectivity index (χ1n) is 4.32. The second kappa shape index (κ2) is 3.87. The van der Waals surface area contributed by atoms with Gasteiger partial charge in [-0.25, -0.2) is 0 Å². The van der Waals surface area contributed by atoms with Gasteiger partial charge in [0.15, 0.2) is 0 Å². The van der Waals surface area contributed by atoms with E-state index in [0.717, 1.165) is 5.56 Å². The summed E-state index contributed by atoms with van der Waals surface area (Å²) in [5, 5.41) is 0.715. The third-order valence-corrected chi connectivity index (χ3v) is 2.55.